The van der Waals surface area contributed by atoms with Crippen LogP contribution in [-0.4, -0.2) is 50.7 Å². The normalized spacial score (nSPS) is 26.5. The van der Waals surface area contributed by atoms with Gasteiger partial charge in [-0.2, -0.15) is 0 Å². The Balaban J connectivity index is 1.59. The Kier molecular flexibility index (Phi) is 6.55. The molecule has 0 N–H and O–H groups in total. The standard InChI is InChI=1S/C25H27Cl2FN4OS/c1-4-31(16-7-8-16)24(33)23-21(13(2)3)32-22(14-5-9-17(26)18(28)11-14)20(30-25(32)34-23)15-6-10-19(27)29-12-15/h5-6,9-10,12-13,16,18,20,22H,4,7-8,11H2,1-3H3. The van der Waals surface area contributed by atoms with Gasteiger partial charge in [-0.15, -0.1) is 0 Å². The lowest BCUT2D eigenvalue weighted by Gasteiger charge is -2.34. The molecule has 0 saturated heterocycles. The molecule has 1 saturated carbocycles. The van der Waals surface area contributed by atoms with Crippen molar-refractivity contribution in [2.45, 2.75) is 64.3 Å². The SMILES string of the molecule is CCN(C(=O)C1=C(C(C)C)N2C(=NC(c3ccc(Cl)nc3)C2C2=CC=C(Cl)C(F)C2)S1)C1CC1. The zero-order valence-electron chi connectivity index (χ0n) is 19.3. The fraction of sp³-hybridized carbons (Fsp3) is 0.480. The van der Waals surface area contributed by atoms with Gasteiger partial charge in [-0.25, -0.2) is 9.37 Å². The van der Waals surface area contributed by atoms with E-state index in [0.29, 0.717) is 17.7 Å². The third-order valence-corrected chi connectivity index (χ3v) is 8.35. The van der Waals surface area contributed by atoms with E-state index in [1.54, 1.807) is 18.3 Å². The summed E-state index contributed by atoms with van der Waals surface area (Å²) < 4.78 is 14.7. The van der Waals surface area contributed by atoms with Crippen molar-refractivity contribution in [3.63, 3.8) is 0 Å². The van der Waals surface area contributed by atoms with Crippen molar-refractivity contribution < 1.29 is 9.18 Å². The van der Waals surface area contributed by atoms with Gasteiger partial charge in [0.15, 0.2) is 5.17 Å². The lowest BCUT2D eigenvalue weighted by molar-refractivity contribution is -0.126. The summed E-state index contributed by atoms with van der Waals surface area (Å²) in [5.41, 5.74) is 2.76. The van der Waals surface area contributed by atoms with Crippen LogP contribution in [0.5, 0.6) is 0 Å². The Labute approximate surface area is 213 Å². The van der Waals surface area contributed by atoms with Crippen LogP contribution in [0.25, 0.3) is 0 Å². The number of thioether (sulfide) groups is 1. The summed E-state index contributed by atoms with van der Waals surface area (Å²) in [5, 5.41) is 1.40. The average Bonchev–Trinajstić information content (AvgIpc) is 3.46. The molecular weight excluding hydrogens is 494 g/mol. The maximum absolute atomic E-state index is 14.7. The molecule has 2 aliphatic heterocycles. The minimum Gasteiger partial charge on any atom is -0.335 e. The number of amides is 1. The van der Waals surface area contributed by atoms with Crippen LogP contribution in [0.15, 0.2) is 56.7 Å². The minimum atomic E-state index is -1.25. The van der Waals surface area contributed by atoms with E-state index in [4.69, 9.17) is 28.2 Å². The summed E-state index contributed by atoms with van der Waals surface area (Å²) in [6.45, 7) is 6.90. The average molecular weight is 521 g/mol. The first-order chi connectivity index (χ1) is 16.3. The van der Waals surface area contributed by atoms with E-state index in [2.05, 4.69) is 23.7 Å². The van der Waals surface area contributed by atoms with E-state index < -0.39 is 6.17 Å². The number of amidine groups is 1. The van der Waals surface area contributed by atoms with Crippen molar-refractivity contribution in [2.75, 3.05) is 6.54 Å². The van der Waals surface area contributed by atoms with Crippen LogP contribution in [0.1, 0.15) is 51.6 Å². The van der Waals surface area contributed by atoms with Crippen molar-refractivity contribution in [3.8, 4) is 0 Å². The Morgan fingerprint density at radius 3 is 2.65 bits per heavy atom. The molecule has 3 atom stereocenters. The van der Waals surface area contributed by atoms with Crippen LogP contribution in [0, 0.1) is 5.92 Å². The van der Waals surface area contributed by atoms with Crippen molar-refractivity contribution in [1.82, 2.24) is 14.8 Å². The summed E-state index contributed by atoms with van der Waals surface area (Å²) in [6.07, 6.45) is 6.34. The van der Waals surface area contributed by atoms with Crippen LogP contribution < -0.4 is 0 Å². The van der Waals surface area contributed by atoms with Crippen molar-refractivity contribution in [1.29, 1.82) is 0 Å². The quantitative estimate of drug-likeness (QED) is 0.417. The lowest BCUT2D eigenvalue weighted by atomic mass is 9.88. The molecule has 4 aliphatic rings. The Morgan fingerprint density at radius 2 is 2.06 bits per heavy atom. The zero-order valence-corrected chi connectivity index (χ0v) is 21.7. The molecule has 180 valence electrons. The highest BCUT2D eigenvalue weighted by Crippen LogP contribution is 2.51. The van der Waals surface area contributed by atoms with E-state index in [0.717, 1.165) is 39.7 Å². The van der Waals surface area contributed by atoms with Gasteiger partial charge in [0.25, 0.3) is 5.91 Å². The molecule has 1 amide bonds. The van der Waals surface area contributed by atoms with E-state index in [1.807, 2.05) is 24.0 Å². The third-order valence-electron chi connectivity index (χ3n) is 6.69. The topological polar surface area (TPSA) is 48.8 Å². The zero-order chi connectivity index (χ0) is 24.1. The first-order valence-corrected chi connectivity index (χ1v) is 13.3. The lowest BCUT2D eigenvalue weighted by Crippen LogP contribution is -2.39. The van der Waals surface area contributed by atoms with Crippen LogP contribution in [0.3, 0.4) is 0 Å². The number of carbonyl (C=O) groups is 1. The third kappa shape index (κ3) is 4.20. The number of halogens is 3. The maximum Gasteiger partial charge on any atom is 0.262 e. The number of nitrogens with zero attached hydrogens (tertiary/aromatic N) is 4. The molecule has 5 nitrogen and oxygen atoms in total. The number of hydrogen-bond donors (Lipinski definition) is 0. The number of pyridine rings is 1. The number of fused-ring (bicyclic) bond motifs is 1. The fourth-order valence-corrected chi connectivity index (χ4v) is 6.50. The van der Waals surface area contributed by atoms with Crippen molar-refractivity contribution >= 4 is 46.0 Å². The van der Waals surface area contributed by atoms with Gasteiger partial charge in [0.2, 0.25) is 0 Å². The molecule has 0 bridgehead atoms. The van der Waals surface area contributed by atoms with Crippen LogP contribution in [-0.2, 0) is 4.79 Å². The molecule has 9 heteroatoms. The summed E-state index contributed by atoms with van der Waals surface area (Å²) in [4.78, 5) is 27.8. The molecule has 3 unspecified atom stereocenters. The van der Waals surface area contributed by atoms with Gasteiger partial charge < -0.3 is 9.80 Å². The highest BCUT2D eigenvalue weighted by atomic mass is 35.5. The largest absolute Gasteiger partial charge is 0.335 e. The molecule has 3 heterocycles. The predicted octanol–water partition coefficient (Wildman–Crippen LogP) is 6.23. The molecule has 1 aromatic rings. The molecule has 1 aromatic heterocycles. The Bertz CT molecular complexity index is 1130. The molecule has 2 aliphatic carbocycles. The molecular formula is C25H27Cl2FN4OS. The van der Waals surface area contributed by atoms with Gasteiger partial charge in [-0.05, 0) is 60.7 Å². The van der Waals surface area contributed by atoms with E-state index in [1.165, 1.54) is 11.8 Å². The number of carbonyl (C=O) groups excluding carboxylic acids is 1. The second-order valence-electron chi connectivity index (χ2n) is 9.34. The number of allylic oxidation sites excluding steroid dienone is 4. The molecule has 1 fully saturated rings. The number of likely N-dealkylation sites (N-methyl/N-ethyl adjacent to an activating group) is 1. The van der Waals surface area contributed by atoms with Crippen LogP contribution in [0.2, 0.25) is 5.15 Å². The Morgan fingerprint density at radius 1 is 1.29 bits per heavy atom. The second kappa shape index (κ2) is 9.32. The number of rotatable bonds is 6. The van der Waals surface area contributed by atoms with Gasteiger partial charge in [-0.3, -0.25) is 9.79 Å². The number of aromatic nitrogens is 1. The van der Waals surface area contributed by atoms with Crippen molar-refractivity contribution in [2.24, 2.45) is 10.9 Å². The smallest absolute Gasteiger partial charge is 0.262 e. The number of aliphatic imine (C=N–C) groups is 1. The minimum absolute atomic E-state index is 0.0724. The first-order valence-electron chi connectivity index (χ1n) is 11.7. The van der Waals surface area contributed by atoms with Crippen LogP contribution >= 0.6 is 35.0 Å². The maximum atomic E-state index is 14.7. The molecule has 0 aromatic carbocycles. The number of hydrogen-bond acceptors (Lipinski definition) is 5. The first kappa shape index (κ1) is 23.9. The molecule has 0 spiro atoms. The van der Waals surface area contributed by atoms with E-state index >= 15 is 0 Å². The van der Waals surface area contributed by atoms with Crippen LogP contribution in [0.4, 0.5) is 4.39 Å². The van der Waals surface area contributed by atoms with Gasteiger partial charge in [0.1, 0.15) is 22.3 Å². The Hall–Kier alpha value is -1.83. The van der Waals surface area contributed by atoms with Gasteiger partial charge >= 0.3 is 0 Å². The summed E-state index contributed by atoms with van der Waals surface area (Å²) in [5.74, 6) is 0.161. The fourth-order valence-electron chi connectivity index (χ4n) is 4.94. The van der Waals surface area contributed by atoms with E-state index in [-0.39, 0.29) is 35.4 Å². The van der Waals surface area contributed by atoms with Gasteiger partial charge in [-0.1, -0.05) is 49.2 Å². The summed E-state index contributed by atoms with van der Waals surface area (Å²) >= 11 is 13.5. The molecule has 34 heavy (non-hydrogen) atoms. The van der Waals surface area contributed by atoms with E-state index in [9.17, 15) is 9.18 Å². The van der Waals surface area contributed by atoms with Crippen molar-refractivity contribution in [3.05, 3.63) is 62.4 Å². The predicted molar refractivity (Wildman–Crippen MR) is 136 cm³/mol. The summed E-state index contributed by atoms with van der Waals surface area (Å²) in [6, 6.07) is 3.45. The van der Waals surface area contributed by atoms with Gasteiger partial charge in [0, 0.05) is 30.9 Å². The monoisotopic (exact) mass is 520 g/mol. The highest BCUT2D eigenvalue weighted by molar-refractivity contribution is 8.18. The number of alkyl halides is 1. The second-order valence-corrected chi connectivity index (χ2v) is 11.1. The molecule has 0 radical (unpaired) electrons. The molecule has 5 rings (SSSR count). The highest BCUT2D eigenvalue weighted by Gasteiger charge is 2.49. The van der Waals surface area contributed by atoms with Gasteiger partial charge in [0.05, 0.1) is 11.1 Å². The summed E-state index contributed by atoms with van der Waals surface area (Å²) in [7, 11) is 0.